The molecule has 0 amide bonds. The van der Waals surface area contributed by atoms with Crippen LogP contribution in [0.1, 0.15) is 41.1 Å². The lowest BCUT2D eigenvalue weighted by atomic mass is 10.0. The first-order chi connectivity index (χ1) is 12.6. The summed E-state index contributed by atoms with van der Waals surface area (Å²) in [6.07, 6.45) is 2.79. The van der Waals surface area contributed by atoms with Crippen molar-refractivity contribution in [3.63, 3.8) is 0 Å². The maximum absolute atomic E-state index is 12.4. The zero-order valence-electron chi connectivity index (χ0n) is 15.4. The first kappa shape index (κ1) is 18.4. The van der Waals surface area contributed by atoms with Gasteiger partial charge in [0.1, 0.15) is 6.61 Å². The van der Waals surface area contributed by atoms with Crippen LogP contribution in [-0.4, -0.2) is 42.9 Å². The molecule has 138 valence electrons. The summed E-state index contributed by atoms with van der Waals surface area (Å²) in [5.41, 5.74) is 2.76. The van der Waals surface area contributed by atoms with Gasteiger partial charge in [-0.2, -0.15) is 0 Å². The molecule has 0 fully saturated rings. The highest BCUT2D eigenvalue weighted by molar-refractivity contribution is 6.07. The number of carbonyl (C=O) groups is 2. The number of rotatable bonds is 8. The topological polar surface area (TPSA) is 59.8 Å². The number of esters is 1. The number of fused-ring (bicyclic) bond motifs is 1. The van der Waals surface area contributed by atoms with Gasteiger partial charge in [-0.1, -0.05) is 26.0 Å². The number of nitrogens with zero attached hydrogens (tertiary/aromatic N) is 1. The van der Waals surface area contributed by atoms with Crippen molar-refractivity contribution >= 4 is 11.8 Å². The van der Waals surface area contributed by atoms with Crippen molar-refractivity contribution in [2.24, 2.45) is 5.92 Å². The fourth-order valence-corrected chi connectivity index (χ4v) is 3.41. The molecule has 1 unspecified atom stereocenters. The van der Waals surface area contributed by atoms with Crippen molar-refractivity contribution in [1.82, 2.24) is 4.90 Å². The minimum Gasteiger partial charge on any atom is -0.464 e. The van der Waals surface area contributed by atoms with Gasteiger partial charge in [-0.15, -0.1) is 0 Å². The van der Waals surface area contributed by atoms with Gasteiger partial charge in [-0.3, -0.25) is 9.59 Å². The molecule has 1 aliphatic carbocycles. The van der Waals surface area contributed by atoms with Crippen LogP contribution in [0.15, 0.2) is 41.0 Å². The molecule has 0 radical (unpaired) electrons. The molecule has 0 saturated carbocycles. The Morgan fingerprint density at radius 3 is 2.62 bits per heavy atom. The molecule has 1 aromatic carbocycles. The molecule has 0 saturated heterocycles. The molecule has 2 aromatic rings. The van der Waals surface area contributed by atoms with E-state index in [2.05, 4.69) is 18.7 Å². The third kappa shape index (κ3) is 4.05. The van der Waals surface area contributed by atoms with E-state index in [0.29, 0.717) is 30.8 Å². The minimum absolute atomic E-state index is 0.136. The highest BCUT2D eigenvalue weighted by Crippen LogP contribution is 2.29. The third-order valence-electron chi connectivity index (χ3n) is 5.03. The lowest BCUT2D eigenvalue weighted by Crippen LogP contribution is -2.29. The maximum atomic E-state index is 12.4. The molecule has 0 aliphatic heterocycles. The zero-order chi connectivity index (χ0) is 18.5. The van der Waals surface area contributed by atoms with Crippen molar-refractivity contribution in [1.29, 1.82) is 0 Å². The Kier molecular flexibility index (Phi) is 5.89. The fourth-order valence-electron chi connectivity index (χ4n) is 3.41. The molecular weight excluding hydrogens is 330 g/mol. The lowest BCUT2D eigenvalue weighted by Gasteiger charge is -2.18. The van der Waals surface area contributed by atoms with Crippen molar-refractivity contribution in [3.8, 4) is 0 Å². The van der Waals surface area contributed by atoms with E-state index >= 15 is 0 Å². The monoisotopic (exact) mass is 355 g/mol. The summed E-state index contributed by atoms with van der Waals surface area (Å²) in [5, 5.41) is 0. The Labute approximate surface area is 153 Å². The standard InChI is InChI=1S/C21H25NO4/c1-3-22(4-2)9-11-26-21(24)18-12-15-7-8-16(13-17(15)14-18)20(23)19-6-5-10-25-19/h5-8,10,13,18H,3-4,9,11-12,14H2,1-2H3. The second-order valence-corrected chi connectivity index (χ2v) is 6.59. The van der Waals surface area contributed by atoms with Crippen LogP contribution in [-0.2, 0) is 22.4 Å². The van der Waals surface area contributed by atoms with E-state index in [1.54, 1.807) is 18.2 Å². The second kappa shape index (κ2) is 8.32. The fraction of sp³-hybridized carbons (Fsp3) is 0.429. The van der Waals surface area contributed by atoms with Crippen LogP contribution in [0.4, 0.5) is 0 Å². The highest BCUT2D eigenvalue weighted by Gasteiger charge is 2.29. The van der Waals surface area contributed by atoms with Crippen molar-refractivity contribution < 1.29 is 18.7 Å². The van der Waals surface area contributed by atoms with Gasteiger partial charge in [0.15, 0.2) is 5.76 Å². The van der Waals surface area contributed by atoms with Crippen LogP contribution < -0.4 is 0 Å². The number of benzene rings is 1. The van der Waals surface area contributed by atoms with Gasteiger partial charge in [0, 0.05) is 12.1 Å². The molecule has 1 heterocycles. The third-order valence-corrected chi connectivity index (χ3v) is 5.03. The summed E-state index contributed by atoms with van der Waals surface area (Å²) in [5.74, 6) is -0.110. The van der Waals surface area contributed by atoms with Gasteiger partial charge >= 0.3 is 5.97 Å². The molecule has 1 atom stereocenters. The molecule has 5 nitrogen and oxygen atoms in total. The predicted molar refractivity (Wildman–Crippen MR) is 98.2 cm³/mol. The van der Waals surface area contributed by atoms with Crippen molar-refractivity contribution in [2.75, 3.05) is 26.2 Å². The smallest absolute Gasteiger partial charge is 0.309 e. The first-order valence-electron chi connectivity index (χ1n) is 9.21. The first-order valence-corrected chi connectivity index (χ1v) is 9.21. The van der Waals surface area contributed by atoms with Gasteiger partial charge < -0.3 is 14.1 Å². The Morgan fingerprint density at radius 2 is 1.92 bits per heavy atom. The Morgan fingerprint density at radius 1 is 1.15 bits per heavy atom. The number of hydrogen-bond donors (Lipinski definition) is 0. The van der Waals surface area contributed by atoms with Crippen molar-refractivity contribution in [3.05, 3.63) is 59.0 Å². The summed E-state index contributed by atoms with van der Waals surface area (Å²) in [6, 6.07) is 8.98. The average Bonchev–Trinajstić information content (AvgIpc) is 3.33. The summed E-state index contributed by atoms with van der Waals surface area (Å²) in [6.45, 7) is 7.29. The van der Waals surface area contributed by atoms with Crippen molar-refractivity contribution in [2.45, 2.75) is 26.7 Å². The largest absolute Gasteiger partial charge is 0.464 e. The minimum atomic E-state index is -0.157. The SMILES string of the molecule is CCN(CC)CCOC(=O)C1Cc2ccc(C(=O)c3ccco3)cc2C1. The Balaban J connectivity index is 1.58. The molecule has 26 heavy (non-hydrogen) atoms. The summed E-state index contributed by atoms with van der Waals surface area (Å²) in [4.78, 5) is 27.0. The summed E-state index contributed by atoms with van der Waals surface area (Å²) >= 11 is 0. The second-order valence-electron chi connectivity index (χ2n) is 6.59. The van der Waals surface area contributed by atoms with Crippen LogP contribution in [0, 0.1) is 5.92 Å². The van der Waals surface area contributed by atoms with Gasteiger partial charge in [0.2, 0.25) is 5.78 Å². The molecular formula is C21H25NO4. The van der Waals surface area contributed by atoms with Crippen LogP contribution in [0.25, 0.3) is 0 Å². The summed E-state index contributed by atoms with van der Waals surface area (Å²) in [7, 11) is 0. The molecule has 1 aromatic heterocycles. The van der Waals surface area contributed by atoms with Gasteiger partial charge in [-0.05, 0) is 55.3 Å². The van der Waals surface area contributed by atoms with E-state index in [-0.39, 0.29) is 17.7 Å². The molecule has 1 aliphatic rings. The van der Waals surface area contributed by atoms with E-state index in [1.807, 2.05) is 12.1 Å². The number of carbonyl (C=O) groups excluding carboxylic acids is 2. The number of ether oxygens (including phenoxy) is 1. The van der Waals surface area contributed by atoms with Gasteiger partial charge in [-0.25, -0.2) is 0 Å². The predicted octanol–water partition coefficient (Wildman–Crippen LogP) is 3.11. The number of hydrogen-bond acceptors (Lipinski definition) is 5. The van der Waals surface area contributed by atoms with Crippen LogP contribution in [0.3, 0.4) is 0 Å². The molecule has 0 N–H and O–H groups in total. The van der Waals surface area contributed by atoms with E-state index < -0.39 is 0 Å². The van der Waals surface area contributed by atoms with E-state index in [4.69, 9.17) is 9.15 Å². The number of ketones is 1. The van der Waals surface area contributed by atoms with Gasteiger partial charge in [0.25, 0.3) is 0 Å². The van der Waals surface area contributed by atoms with Crippen LogP contribution in [0.5, 0.6) is 0 Å². The molecule has 3 rings (SSSR count). The highest BCUT2D eigenvalue weighted by atomic mass is 16.5. The van der Waals surface area contributed by atoms with E-state index in [9.17, 15) is 9.59 Å². The average molecular weight is 355 g/mol. The molecule has 0 spiro atoms. The zero-order valence-corrected chi connectivity index (χ0v) is 15.4. The quantitative estimate of drug-likeness (QED) is 0.538. The summed E-state index contributed by atoms with van der Waals surface area (Å²) < 4.78 is 10.6. The maximum Gasteiger partial charge on any atom is 0.309 e. The van der Waals surface area contributed by atoms with Crippen LogP contribution in [0.2, 0.25) is 0 Å². The number of furan rings is 1. The van der Waals surface area contributed by atoms with Gasteiger partial charge in [0.05, 0.1) is 12.2 Å². The normalized spacial score (nSPS) is 15.9. The lowest BCUT2D eigenvalue weighted by molar-refractivity contribution is -0.148. The molecule has 0 bridgehead atoms. The Hall–Kier alpha value is -2.40. The Bertz CT molecular complexity index is 762. The van der Waals surface area contributed by atoms with E-state index in [0.717, 1.165) is 30.8 Å². The van der Waals surface area contributed by atoms with E-state index in [1.165, 1.54) is 6.26 Å². The molecule has 5 heteroatoms. The number of likely N-dealkylation sites (N-methyl/N-ethyl adjacent to an activating group) is 1. The van der Waals surface area contributed by atoms with Crippen LogP contribution >= 0.6 is 0 Å².